The van der Waals surface area contributed by atoms with E-state index in [1.165, 1.54) is 0 Å². The zero-order valence-corrected chi connectivity index (χ0v) is 18.8. The number of phosphoric acid groups is 1. The summed E-state index contributed by atoms with van der Waals surface area (Å²) >= 11 is 0. The minimum atomic E-state index is -4.66. The van der Waals surface area contributed by atoms with Crippen LogP contribution in [0.25, 0.3) is 0 Å². The van der Waals surface area contributed by atoms with Gasteiger partial charge in [-0.3, -0.25) is 9.32 Å². The molecule has 0 bridgehead atoms. The lowest BCUT2D eigenvalue weighted by molar-refractivity contribution is -0.122. The molecular formula is C23H32NO6P. The molecule has 2 aromatic carbocycles. The van der Waals surface area contributed by atoms with Crippen molar-refractivity contribution in [2.75, 3.05) is 6.61 Å². The van der Waals surface area contributed by atoms with Crippen LogP contribution < -0.4 is 10.1 Å². The quantitative estimate of drug-likeness (QED) is 0.280. The van der Waals surface area contributed by atoms with Crippen molar-refractivity contribution in [3.63, 3.8) is 0 Å². The molecule has 0 aromatic heterocycles. The SMILES string of the molecule is CCCCCCCC(=O)NC(COP(=O)(O)O)c1cccc(OCc2ccccc2)c1. The Balaban J connectivity index is 2.01. The number of nitrogens with one attached hydrogen (secondary N) is 1. The molecule has 0 saturated heterocycles. The van der Waals surface area contributed by atoms with Crippen LogP contribution in [0.1, 0.15) is 62.6 Å². The van der Waals surface area contributed by atoms with Crippen LogP contribution in [0, 0.1) is 0 Å². The van der Waals surface area contributed by atoms with E-state index < -0.39 is 13.9 Å². The first-order valence-electron chi connectivity index (χ1n) is 10.6. The number of amides is 1. The zero-order chi connectivity index (χ0) is 22.5. The van der Waals surface area contributed by atoms with Gasteiger partial charge in [-0.25, -0.2) is 4.57 Å². The molecule has 1 unspecified atom stereocenters. The van der Waals surface area contributed by atoms with Crippen LogP contribution in [0.4, 0.5) is 0 Å². The van der Waals surface area contributed by atoms with Crippen molar-refractivity contribution >= 4 is 13.7 Å². The van der Waals surface area contributed by atoms with Gasteiger partial charge in [-0.15, -0.1) is 0 Å². The van der Waals surface area contributed by atoms with E-state index in [1.54, 1.807) is 24.3 Å². The largest absolute Gasteiger partial charge is 0.489 e. The van der Waals surface area contributed by atoms with Crippen molar-refractivity contribution in [1.29, 1.82) is 0 Å². The zero-order valence-electron chi connectivity index (χ0n) is 17.9. The van der Waals surface area contributed by atoms with Crippen LogP contribution in [0.3, 0.4) is 0 Å². The van der Waals surface area contributed by atoms with Gasteiger partial charge in [0, 0.05) is 6.42 Å². The van der Waals surface area contributed by atoms with E-state index in [0.717, 1.165) is 37.7 Å². The van der Waals surface area contributed by atoms with Crippen molar-refractivity contribution in [2.45, 2.75) is 58.1 Å². The second kappa shape index (κ2) is 13.3. The summed E-state index contributed by atoms with van der Waals surface area (Å²) in [4.78, 5) is 30.6. The number of carbonyl (C=O) groups is 1. The molecular weight excluding hydrogens is 417 g/mol. The van der Waals surface area contributed by atoms with Crippen LogP contribution in [0.15, 0.2) is 54.6 Å². The molecule has 1 atom stereocenters. The van der Waals surface area contributed by atoms with Crippen molar-refractivity contribution < 1.29 is 28.4 Å². The molecule has 0 saturated carbocycles. The van der Waals surface area contributed by atoms with Crippen molar-refractivity contribution in [3.05, 3.63) is 65.7 Å². The van der Waals surface area contributed by atoms with Gasteiger partial charge in [0.05, 0.1) is 12.6 Å². The highest BCUT2D eigenvalue weighted by Crippen LogP contribution is 2.37. The summed E-state index contributed by atoms with van der Waals surface area (Å²) in [5.41, 5.74) is 1.67. The summed E-state index contributed by atoms with van der Waals surface area (Å²) in [6.45, 7) is 2.18. The number of phosphoric ester groups is 1. The Morgan fingerprint density at radius 3 is 2.48 bits per heavy atom. The van der Waals surface area contributed by atoms with Gasteiger partial charge in [-0.2, -0.15) is 0 Å². The normalized spacial score (nSPS) is 12.4. The fraction of sp³-hybridized carbons (Fsp3) is 0.435. The molecule has 3 N–H and O–H groups in total. The lowest BCUT2D eigenvalue weighted by atomic mass is 10.1. The van der Waals surface area contributed by atoms with Gasteiger partial charge < -0.3 is 19.8 Å². The highest BCUT2D eigenvalue weighted by Gasteiger charge is 2.21. The molecule has 8 heteroatoms. The summed E-state index contributed by atoms with van der Waals surface area (Å²) in [7, 11) is -4.66. The fourth-order valence-corrected chi connectivity index (χ4v) is 3.45. The number of ether oxygens (including phenoxy) is 1. The van der Waals surface area contributed by atoms with E-state index in [-0.39, 0.29) is 12.5 Å². The molecule has 31 heavy (non-hydrogen) atoms. The highest BCUT2D eigenvalue weighted by molar-refractivity contribution is 7.46. The third-order valence-electron chi connectivity index (χ3n) is 4.76. The maximum Gasteiger partial charge on any atom is 0.469 e. The summed E-state index contributed by atoms with van der Waals surface area (Å²) in [5, 5.41) is 2.83. The molecule has 0 spiro atoms. The summed E-state index contributed by atoms with van der Waals surface area (Å²) in [5.74, 6) is 0.419. The van der Waals surface area contributed by atoms with Gasteiger partial charge in [0.1, 0.15) is 12.4 Å². The molecule has 0 aliphatic rings. The Morgan fingerprint density at radius 2 is 1.77 bits per heavy atom. The summed E-state index contributed by atoms with van der Waals surface area (Å²) < 4.78 is 21.7. The topological polar surface area (TPSA) is 105 Å². The van der Waals surface area contributed by atoms with Crippen LogP contribution in [0.5, 0.6) is 5.75 Å². The third kappa shape index (κ3) is 10.6. The lowest BCUT2D eigenvalue weighted by Gasteiger charge is -2.20. The first-order chi connectivity index (χ1) is 14.9. The Morgan fingerprint density at radius 1 is 1.03 bits per heavy atom. The standard InChI is InChI=1S/C23H32NO6P/c1-2-3-4-5-9-15-23(25)24-22(18-30-31(26,27)28)20-13-10-14-21(16-20)29-17-19-11-7-6-8-12-19/h6-8,10-14,16,22H,2-5,9,15,17-18H2,1H3,(H,24,25)(H2,26,27,28). The Hall–Kier alpha value is -2.18. The predicted molar refractivity (Wildman–Crippen MR) is 119 cm³/mol. The first-order valence-corrected chi connectivity index (χ1v) is 12.2. The van der Waals surface area contributed by atoms with Crippen LogP contribution in [-0.2, 0) is 20.5 Å². The minimum absolute atomic E-state index is 0.175. The Bertz CT molecular complexity index is 839. The van der Waals surface area contributed by atoms with E-state index in [4.69, 9.17) is 14.5 Å². The van der Waals surface area contributed by atoms with Gasteiger partial charge >= 0.3 is 7.82 Å². The van der Waals surface area contributed by atoms with E-state index in [1.807, 2.05) is 30.3 Å². The van der Waals surface area contributed by atoms with E-state index >= 15 is 0 Å². The third-order valence-corrected chi connectivity index (χ3v) is 5.25. The molecule has 0 aliphatic carbocycles. The lowest BCUT2D eigenvalue weighted by Crippen LogP contribution is -2.31. The molecule has 0 heterocycles. The predicted octanol–water partition coefficient (Wildman–Crippen LogP) is 4.89. The van der Waals surface area contributed by atoms with Gasteiger partial charge in [-0.1, -0.05) is 75.1 Å². The minimum Gasteiger partial charge on any atom is -0.489 e. The van der Waals surface area contributed by atoms with Gasteiger partial charge in [0.2, 0.25) is 5.91 Å². The number of unbranched alkanes of at least 4 members (excludes halogenated alkanes) is 4. The number of hydrogen-bond donors (Lipinski definition) is 3. The van der Waals surface area contributed by atoms with Crippen LogP contribution in [0.2, 0.25) is 0 Å². The van der Waals surface area contributed by atoms with Gasteiger partial charge in [0.25, 0.3) is 0 Å². The van der Waals surface area contributed by atoms with Crippen LogP contribution in [-0.4, -0.2) is 22.3 Å². The highest BCUT2D eigenvalue weighted by atomic mass is 31.2. The van der Waals surface area contributed by atoms with Crippen molar-refractivity contribution in [3.8, 4) is 5.75 Å². The van der Waals surface area contributed by atoms with Crippen molar-refractivity contribution in [1.82, 2.24) is 5.32 Å². The van der Waals surface area contributed by atoms with Gasteiger partial charge in [-0.05, 0) is 29.7 Å². The maximum atomic E-state index is 12.4. The fourth-order valence-electron chi connectivity index (χ4n) is 3.11. The number of hydrogen-bond acceptors (Lipinski definition) is 4. The molecule has 2 rings (SSSR count). The maximum absolute atomic E-state index is 12.4. The molecule has 2 aromatic rings. The van der Waals surface area contributed by atoms with Crippen molar-refractivity contribution in [2.24, 2.45) is 0 Å². The Labute approximate surface area is 184 Å². The summed E-state index contributed by atoms with van der Waals surface area (Å²) in [6.07, 6.45) is 5.49. The monoisotopic (exact) mass is 449 g/mol. The van der Waals surface area contributed by atoms with E-state index in [0.29, 0.717) is 24.3 Å². The first kappa shape index (κ1) is 25.1. The molecule has 1 amide bonds. The van der Waals surface area contributed by atoms with E-state index in [2.05, 4.69) is 16.8 Å². The second-order valence-corrected chi connectivity index (χ2v) is 8.66. The smallest absolute Gasteiger partial charge is 0.469 e. The molecule has 170 valence electrons. The summed E-state index contributed by atoms with van der Waals surface area (Å²) in [6, 6.07) is 16.1. The van der Waals surface area contributed by atoms with Gasteiger partial charge in [0.15, 0.2) is 0 Å². The van der Waals surface area contributed by atoms with Crippen LogP contribution >= 0.6 is 7.82 Å². The molecule has 0 radical (unpaired) electrons. The average molecular weight is 449 g/mol. The van der Waals surface area contributed by atoms with E-state index in [9.17, 15) is 9.36 Å². The number of benzene rings is 2. The average Bonchev–Trinajstić information content (AvgIpc) is 2.75. The Kier molecular flexibility index (Phi) is 10.7. The number of rotatable bonds is 14. The number of carbonyl (C=O) groups excluding carboxylic acids is 1. The molecule has 7 nitrogen and oxygen atoms in total. The molecule has 0 fully saturated rings. The molecule has 0 aliphatic heterocycles. The second-order valence-electron chi connectivity index (χ2n) is 7.42.